The van der Waals surface area contributed by atoms with Crippen molar-refractivity contribution in [2.45, 2.75) is 304 Å². The van der Waals surface area contributed by atoms with Crippen LogP contribution in [-0.4, -0.2) is 134 Å². The predicted molar refractivity (Wildman–Crippen MR) is 316 cm³/mol. The Morgan fingerprint density at radius 3 is 0.795 bits per heavy atom. The van der Waals surface area contributed by atoms with E-state index in [9.17, 15) is 14.4 Å². The van der Waals surface area contributed by atoms with Crippen molar-refractivity contribution in [3.63, 3.8) is 0 Å². The predicted octanol–water partition coefficient (Wildman–Crippen LogP) is 16.6. The fourth-order valence-electron chi connectivity index (χ4n) is 10.9. The van der Waals surface area contributed by atoms with E-state index >= 15 is 0 Å². The summed E-state index contributed by atoms with van der Waals surface area (Å²) in [6, 6.07) is 0. The zero-order valence-corrected chi connectivity index (χ0v) is 50.0. The number of ether oxygens (including phenoxy) is 1. The lowest BCUT2D eigenvalue weighted by Crippen LogP contribution is -2.54. The Kier molecular flexibility index (Phi) is 51.0. The van der Waals surface area contributed by atoms with Crippen LogP contribution < -0.4 is 0 Å². The van der Waals surface area contributed by atoms with Crippen LogP contribution in [0.1, 0.15) is 304 Å². The zero-order chi connectivity index (χ0) is 52.9. The van der Waals surface area contributed by atoms with E-state index in [2.05, 4.69) is 52.2 Å². The number of esters is 1. The maximum atomic E-state index is 14.1. The van der Waals surface area contributed by atoms with Crippen molar-refractivity contribution >= 4 is 17.8 Å². The molecule has 73 heavy (non-hydrogen) atoms. The smallest absolute Gasteiger partial charge is 0.305 e. The molecule has 1 aliphatic rings. The van der Waals surface area contributed by atoms with E-state index in [-0.39, 0.29) is 17.8 Å². The molecule has 1 saturated heterocycles. The van der Waals surface area contributed by atoms with E-state index in [4.69, 9.17) is 4.74 Å². The second kappa shape index (κ2) is 53.7. The highest BCUT2D eigenvalue weighted by atomic mass is 16.5. The van der Waals surface area contributed by atoms with Gasteiger partial charge in [0.2, 0.25) is 11.8 Å². The molecule has 9 heteroatoms. The molecule has 0 spiro atoms. The monoisotopic (exact) mass is 1030 g/mol. The molecule has 1 heterocycles. The largest absolute Gasteiger partial charge is 0.469 e. The molecule has 432 valence electrons. The molecule has 1 rings (SSSR count). The van der Waals surface area contributed by atoms with Gasteiger partial charge in [-0.1, -0.05) is 259 Å². The van der Waals surface area contributed by atoms with Gasteiger partial charge in [-0.3, -0.25) is 24.2 Å². The molecule has 0 radical (unpaired) electrons. The van der Waals surface area contributed by atoms with Crippen LogP contribution >= 0.6 is 0 Å². The van der Waals surface area contributed by atoms with Gasteiger partial charge in [-0.05, 0) is 71.2 Å². The lowest BCUT2D eigenvalue weighted by Gasteiger charge is -2.37. The minimum Gasteiger partial charge on any atom is -0.469 e. The van der Waals surface area contributed by atoms with E-state index in [0.29, 0.717) is 45.7 Å². The summed E-state index contributed by atoms with van der Waals surface area (Å²) in [5.74, 6) is 0.416. The van der Waals surface area contributed by atoms with Crippen molar-refractivity contribution in [2.24, 2.45) is 0 Å². The molecule has 0 unspecified atom stereocenters. The summed E-state index contributed by atoms with van der Waals surface area (Å²) in [6.07, 6.45) is 55.3. The molecule has 0 aromatic rings. The third-order valence-electron chi connectivity index (χ3n) is 16.1. The van der Waals surface area contributed by atoms with Crippen molar-refractivity contribution in [3.8, 4) is 0 Å². The van der Waals surface area contributed by atoms with E-state index in [1.807, 2.05) is 0 Å². The van der Waals surface area contributed by atoms with E-state index in [1.54, 1.807) is 0 Å². The number of carbonyl (C=O) groups excluding carboxylic acids is 3. The molecule has 0 bridgehead atoms. The average Bonchev–Trinajstić information content (AvgIpc) is 3.40. The SMILES string of the molecule is CCCCCCCCCCCCCCN(CCCCCCCCCCCC(=O)OC)CC(=O)N1CCN(C(=O)CN(CCCCCCCCC)CCN(CCCCCCCCC)CCCCCCCCC)CC1. The molecule has 0 atom stereocenters. The van der Waals surface area contributed by atoms with Crippen LogP contribution in [0.5, 0.6) is 0 Å². The molecule has 0 saturated carbocycles. The van der Waals surface area contributed by atoms with Gasteiger partial charge < -0.3 is 19.4 Å². The molecule has 0 aromatic carbocycles. The molecule has 1 fully saturated rings. The number of methoxy groups -OCH3 is 1. The van der Waals surface area contributed by atoms with Gasteiger partial charge in [-0.2, -0.15) is 0 Å². The van der Waals surface area contributed by atoms with Crippen molar-refractivity contribution in [1.82, 2.24) is 24.5 Å². The summed E-state index contributed by atoms with van der Waals surface area (Å²) >= 11 is 0. The fourth-order valence-corrected chi connectivity index (χ4v) is 10.9. The fraction of sp³-hybridized carbons (Fsp3) is 0.953. The lowest BCUT2D eigenvalue weighted by molar-refractivity contribution is -0.140. The second-order valence-electron chi connectivity index (χ2n) is 22.9. The molecular weight excluding hydrogens is 903 g/mol. The molecule has 1 aliphatic heterocycles. The second-order valence-corrected chi connectivity index (χ2v) is 22.9. The minimum absolute atomic E-state index is 0.0925. The number of unbranched alkanes of at least 4 members (excludes halogenated alkanes) is 37. The van der Waals surface area contributed by atoms with Crippen LogP contribution in [-0.2, 0) is 19.1 Å². The number of carbonyl (C=O) groups is 3. The number of nitrogens with zero attached hydrogens (tertiary/aromatic N) is 5. The van der Waals surface area contributed by atoms with Gasteiger partial charge in [-0.25, -0.2) is 0 Å². The van der Waals surface area contributed by atoms with Crippen LogP contribution in [0.3, 0.4) is 0 Å². The van der Waals surface area contributed by atoms with Gasteiger partial charge in [-0.15, -0.1) is 0 Å². The lowest BCUT2D eigenvalue weighted by atomic mass is 10.0. The first-order chi connectivity index (χ1) is 35.9. The Balaban J connectivity index is 2.76. The summed E-state index contributed by atoms with van der Waals surface area (Å²) in [5.41, 5.74) is 0. The van der Waals surface area contributed by atoms with E-state index < -0.39 is 0 Å². The third kappa shape index (κ3) is 44.0. The van der Waals surface area contributed by atoms with Crippen molar-refractivity contribution in [1.29, 1.82) is 0 Å². The van der Waals surface area contributed by atoms with Crippen LogP contribution in [0.15, 0.2) is 0 Å². The summed E-state index contributed by atoms with van der Waals surface area (Å²) in [6.45, 7) is 20.3. The van der Waals surface area contributed by atoms with Gasteiger partial charge in [0.15, 0.2) is 0 Å². The van der Waals surface area contributed by atoms with Crippen LogP contribution in [0.25, 0.3) is 0 Å². The maximum Gasteiger partial charge on any atom is 0.305 e. The molecule has 0 N–H and O–H groups in total. The van der Waals surface area contributed by atoms with Crippen LogP contribution in [0, 0.1) is 0 Å². The minimum atomic E-state index is -0.0925. The van der Waals surface area contributed by atoms with Crippen LogP contribution in [0.4, 0.5) is 0 Å². The standard InChI is InChI=1S/C64H127N5O4/c1-6-10-14-18-22-23-24-25-28-34-40-45-51-66(52-46-41-35-29-26-27-30-36-42-48-64(72)73-5)60-62(70)68-56-58-69(59-57-68)63(71)61-67(53-47-39-33-21-17-13-9-4)55-54-65(49-43-37-31-19-15-11-7-2)50-44-38-32-20-16-12-8-3/h6-61H2,1-5H3. The Morgan fingerprint density at radius 1 is 0.301 bits per heavy atom. The van der Waals surface area contributed by atoms with E-state index in [1.165, 1.54) is 271 Å². The summed E-state index contributed by atoms with van der Waals surface area (Å²) in [4.78, 5) is 51.3. The highest BCUT2D eigenvalue weighted by Crippen LogP contribution is 2.17. The van der Waals surface area contributed by atoms with Gasteiger partial charge in [0.25, 0.3) is 0 Å². The van der Waals surface area contributed by atoms with Gasteiger partial charge in [0.05, 0.1) is 20.2 Å². The summed E-state index contributed by atoms with van der Waals surface area (Å²) < 4.78 is 4.77. The summed E-state index contributed by atoms with van der Waals surface area (Å²) in [7, 11) is 1.47. The Hall–Kier alpha value is -1.71. The molecule has 2 amide bonds. The van der Waals surface area contributed by atoms with E-state index in [0.717, 1.165) is 52.0 Å². The van der Waals surface area contributed by atoms with Gasteiger partial charge >= 0.3 is 5.97 Å². The molecular formula is C64H127N5O4. The summed E-state index contributed by atoms with van der Waals surface area (Å²) in [5, 5.41) is 0. The van der Waals surface area contributed by atoms with Gasteiger partial charge in [0, 0.05) is 45.7 Å². The average molecular weight is 1030 g/mol. The number of rotatable bonds is 56. The quantitative estimate of drug-likeness (QED) is 0.0444. The highest BCUT2D eigenvalue weighted by molar-refractivity contribution is 5.80. The number of piperazine rings is 1. The Bertz CT molecular complexity index is 1180. The first-order valence-corrected chi connectivity index (χ1v) is 32.7. The van der Waals surface area contributed by atoms with Crippen molar-refractivity contribution < 1.29 is 19.1 Å². The number of hydrogen-bond donors (Lipinski definition) is 0. The molecule has 9 nitrogen and oxygen atoms in total. The zero-order valence-electron chi connectivity index (χ0n) is 50.0. The maximum absolute atomic E-state index is 14.1. The Labute approximate surface area is 455 Å². The normalized spacial score (nSPS) is 13.1. The first-order valence-electron chi connectivity index (χ1n) is 32.7. The molecule has 0 aliphatic carbocycles. The number of amides is 2. The number of hydrogen-bond acceptors (Lipinski definition) is 7. The Morgan fingerprint density at radius 2 is 0.521 bits per heavy atom. The third-order valence-corrected chi connectivity index (χ3v) is 16.1. The highest BCUT2D eigenvalue weighted by Gasteiger charge is 2.26. The topological polar surface area (TPSA) is 76.6 Å². The van der Waals surface area contributed by atoms with Crippen molar-refractivity contribution in [3.05, 3.63) is 0 Å². The van der Waals surface area contributed by atoms with Crippen LogP contribution in [0.2, 0.25) is 0 Å². The first kappa shape index (κ1) is 69.3. The van der Waals surface area contributed by atoms with Gasteiger partial charge in [0.1, 0.15) is 0 Å². The van der Waals surface area contributed by atoms with Crippen molar-refractivity contribution in [2.75, 3.05) is 92.2 Å². The molecule has 0 aromatic heterocycles.